The number of hydrogen-bond donors (Lipinski definition) is 1. The second-order valence-corrected chi connectivity index (χ2v) is 5.82. The van der Waals surface area contributed by atoms with E-state index in [0.29, 0.717) is 12.0 Å². The van der Waals surface area contributed by atoms with Crippen LogP contribution in [0.4, 0.5) is 0 Å². The van der Waals surface area contributed by atoms with Crippen molar-refractivity contribution >= 4 is 0 Å². The van der Waals surface area contributed by atoms with Gasteiger partial charge in [-0.15, -0.1) is 0 Å². The molecule has 0 spiro atoms. The highest BCUT2D eigenvalue weighted by molar-refractivity contribution is 5.29. The quantitative estimate of drug-likeness (QED) is 0.832. The predicted molar refractivity (Wildman–Crippen MR) is 79.9 cm³/mol. The number of nitrogens with zero attached hydrogens (tertiary/aromatic N) is 1. The molecule has 2 nitrogen and oxygen atoms in total. The average molecular weight is 248 g/mol. The number of likely N-dealkylation sites (N-methyl/N-ethyl adjacent to an activating group) is 1. The molecule has 0 heterocycles. The van der Waals surface area contributed by atoms with Gasteiger partial charge in [-0.2, -0.15) is 0 Å². The zero-order valence-corrected chi connectivity index (χ0v) is 12.7. The minimum atomic E-state index is 0.594. The van der Waals surface area contributed by atoms with Crippen LogP contribution in [0, 0.1) is 19.8 Å². The summed E-state index contributed by atoms with van der Waals surface area (Å²) in [6.45, 7) is 10.9. The molecule has 0 bridgehead atoms. The average Bonchev–Trinajstić information content (AvgIpc) is 2.28. The molecule has 1 aromatic rings. The van der Waals surface area contributed by atoms with E-state index in [2.05, 4.69) is 70.2 Å². The minimum Gasteiger partial charge on any atom is -0.311 e. The van der Waals surface area contributed by atoms with Gasteiger partial charge in [0.1, 0.15) is 0 Å². The zero-order chi connectivity index (χ0) is 13.7. The SMILES string of the molecule is Cc1ccc(CNCC(C(C)C)N(C)C)cc1C. The maximum atomic E-state index is 3.57. The highest BCUT2D eigenvalue weighted by Gasteiger charge is 2.14. The molecule has 1 N–H and O–H groups in total. The van der Waals surface area contributed by atoms with E-state index in [4.69, 9.17) is 0 Å². The van der Waals surface area contributed by atoms with E-state index >= 15 is 0 Å². The lowest BCUT2D eigenvalue weighted by Crippen LogP contribution is -2.41. The lowest BCUT2D eigenvalue weighted by atomic mass is 10.0. The maximum absolute atomic E-state index is 3.57. The van der Waals surface area contributed by atoms with Gasteiger partial charge < -0.3 is 10.2 Å². The summed E-state index contributed by atoms with van der Waals surface area (Å²) < 4.78 is 0. The Morgan fingerprint density at radius 1 is 1.11 bits per heavy atom. The van der Waals surface area contributed by atoms with Gasteiger partial charge in [0.2, 0.25) is 0 Å². The van der Waals surface area contributed by atoms with Crippen LogP contribution >= 0.6 is 0 Å². The van der Waals surface area contributed by atoms with Crippen molar-refractivity contribution in [3.63, 3.8) is 0 Å². The Hall–Kier alpha value is -0.860. The third-order valence-electron chi connectivity index (χ3n) is 3.69. The number of benzene rings is 1. The largest absolute Gasteiger partial charge is 0.311 e. The van der Waals surface area contributed by atoms with Crippen molar-refractivity contribution in [2.45, 2.75) is 40.3 Å². The van der Waals surface area contributed by atoms with E-state index < -0.39 is 0 Å². The van der Waals surface area contributed by atoms with Crippen molar-refractivity contribution in [1.82, 2.24) is 10.2 Å². The standard InChI is InChI=1S/C16H28N2/c1-12(2)16(18(5)6)11-17-10-15-8-7-13(3)14(4)9-15/h7-9,12,16-17H,10-11H2,1-6H3. The van der Waals surface area contributed by atoms with Crippen LogP contribution in [0.15, 0.2) is 18.2 Å². The Kier molecular flexibility index (Phi) is 5.83. The Labute approximate surface area is 112 Å². The summed E-state index contributed by atoms with van der Waals surface area (Å²) in [7, 11) is 4.31. The van der Waals surface area contributed by atoms with Gasteiger partial charge in [-0.1, -0.05) is 32.0 Å². The fourth-order valence-electron chi connectivity index (χ4n) is 2.29. The van der Waals surface area contributed by atoms with Crippen molar-refractivity contribution in [2.24, 2.45) is 5.92 Å². The molecule has 102 valence electrons. The van der Waals surface area contributed by atoms with E-state index in [0.717, 1.165) is 13.1 Å². The van der Waals surface area contributed by atoms with Gasteiger partial charge in [0.15, 0.2) is 0 Å². The molecule has 0 aliphatic rings. The van der Waals surface area contributed by atoms with E-state index in [1.54, 1.807) is 0 Å². The van der Waals surface area contributed by atoms with Gasteiger partial charge in [-0.3, -0.25) is 0 Å². The van der Waals surface area contributed by atoms with Gasteiger partial charge in [-0.25, -0.2) is 0 Å². The molecule has 0 radical (unpaired) electrons. The first-order valence-electron chi connectivity index (χ1n) is 6.85. The molecule has 0 aliphatic carbocycles. The number of rotatable bonds is 6. The molecule has 1 unspecified atom stereocenters. The number of hydrogen-bond acceptors (Lipinski definition) is 2. The van der Waals surface area contributed by atoms with Crippen LogP contribution < -0.4 is 5.32 Å². The van der Waals surface area contributed by atoms with Crippen LogP contribution in [0.5, 0.6) is 0 Å². The summed E-state index contributed by atoms with van der Waals surface area (Å²) in [5.74, 6) is 0.673. The highest BCUT2D eigenvalue weighted by atomic mass is 15.1. The Morgan fingerprint density at radius 2 is 1.78 bits per heavy atom. The van der Waals surface area contributed by atoms with E-state index in [1.165, 1.54) is 16.7 Å². The smallest absolute Gasteiger partial charge is 0.0237 e. The van der Waals surface area contributed by atoms with Crippen molar-refractivity contribution in [3.8, 4) is 0 Å². The molecule has 0 aliphatic heterocycles. The second kappa shape index (κ2) is 6.91. The van der Waals surface area contributed by atoms with Crippen LogP contribution in [0.1, 0.15) is 30.5 Å². The molecule has 1 aromatic carbocycles. The lowest BCUT2D eigenvalue weighted by molar-refractivity contribution is 0.224. The fraction of sp³-hybridized carbons (Fsp3) is 0.625. The first-order valence-corrected chi connectivity index (χ1v) is 6.85. The fourth-order valence-corrected chi connectivity index (χ4v) is 2.29. The van der Waals surface area contributed by atoms with Gasteiger partial charge >= 0.3 is 0 Å². The summed E-state index contributed by atoms with van der Waals surface area (Å²) in [4.78, 5) is 2.30. The Balaban J connectivity index is 2.47. The minimum absolute atomic E-state index is 0.594. The molecule has 1 rings (SSSR count). The third kappa shape index (κ3) is 4.43. The molecular formula is C16H28N2. The van der Waals surface area contributed by atoms with E-state index in [-0.39, 0.29) is 0 Å². The Morgan fingerprint density at radius 3 is 2.28 bits per heavy atom. The first kappa shape index (κ1) is 15.2. The predicted octanol–water partition coefficient (Wildman–Crippen LogP) is 2.98. The maximum Gasteiger partial charge on any atom is 0.0237 e. The number of nitrogens with one attached hydrogen (secondary N) is 1. The van der Waals surface area contributed by atoms with Gasteiger partial charge in [0.05, 0.1) is 0 Å². The molecule has 0 fully saturated rings. The summed E-state index contributed by atoms with van der Waals surface area (Å²) in [6, 6.07) is 7.30. The van der Waals surface area contributed by atoms with E-state index in [9.17, 15) is 0 Å². The van der Waals surface area contributed by atoms with Crippen LogP contribution in [0.2, 0.25) is 0 Å². The van der Waals surface area contributed by atoms with Crippen molar-refractivity contribution in [1.29, 1.82) is 0 Å². The summed E-state index contributed by atoms with van der Waals surface area (Å²) in [6.07, 6.45) is 0. The molecule has 0 saturated heterocycles. The second-order valence-electron chi connectivity index (χ2n) is 5.82. The van der Waals surface area contributed by atoms with Gasteiger partial charge in [0, 0.05) is 19.1 Å². The third-order valence-corrected chi connectivity index (χ3v) is 3.69. The van der Waals surface area contributed by atoms with Crippen LogP contribution in [-0.4, -0.2) is 31.6 Å². The van der Waals surface area contributed by atoms with Crippen LogP contribution in [0.25, 0.3) is 0 Å². The monoisotopic (exact) mass is 248 g/mol. The summed E-state index contributed by atoms with van der Waals surface area (Å²) >= 11 is 0. The molecule has 0 saturated carbocycles. The summed E-state index contributed by atoms with van der Waals surface area (Å²) in [5.41, 5.74) is 4.12. The van der Waals surface area contributed by atoms with Gasteiger partial charge in [-0.05, 0) is 50.6 Å². The van der Waals surface area contributed by atoms with E-state index in [1.807, 2.05) is 0 Å². The normalized spacial score (nSPS) is 13.3. The number of aryl methyl sites for hydroxylation is 2. The van der Waals surface area contributed by atoms with Crippen molar-refractivity contribution in [2.75, 3.05) is 20.6 Å². The lowest BCUT2D eigenvalue weighted by Gasteiger charge is -2.28. The van der Waals surface area contributed by atoms with Crippen molar-refractivity contribution < 1.29 is 0 Å². The topological polar surface area (TPSA) is 15.3 Å². The highest BCUT2D eigenvalue weighted by Crippen LogP contribution is 2.10. The molecule has 18 heavy (non-hydrogen) atoms. The zero-order valence-electron chi connectivity index (χ0n) is 12.7. The summed E-state index contributed by atoms with van der Waals surface area (Å²) in [5, 5.41) is 3.57. The van der Waals surface area contributed by atoms with Gasteiger partial charge in [0.25, 0.3) is 0 Å². The molecule has 2 heteroatoms. The molecular weight excluding hydrogens is 220 g/mol. The molecule has 1 atom stereocenters. The molecule has 0 aromatic heterocycles. The van der Waals surface area contributed by atoms with Crippen molar-refractivity contribution in [3.05, 3.63) is 34.9 Å². The first-order chi connectivity index (χ1) is 8.41. The Bertz CT molecular complexity index is 361. The van der Waals surface area contributed by atoms with Crippen LogP contribution in [-0.2, 0) is 6.54 Å². The molecule has 0 amide bonds. The van der Waals surface area contributed by atoms with Crippen LogP contribution in [0.3, 0.4) is 0 Å².